The van der Waals surface area contributed by atoms with Crippen LogP contribution >= 0.6 is 0 Å². The number of benzene rings is 2. The van der Waals surface area contributed by atoms with E-state index in [9.17, 15) is 0 Å². The van der Waals surface area contributed by atoms with Crippen LogP contribution in [0.1, 0.15) is 33.6 Å². The van der Waals surface area contributed by atoms with E-state index in [1.54, 1.807) is 0 Å². The molecule has 3 atom stereocenters. The highest BCUT2D eigenvalue weighted by molar-refractivity contribution is 5.74. The lowest BCUT2D eigenvalue weighted by Gasteiger charge is -2.26. The van der Waals surface area contributed by atoms with Crippen molar-refractivity contribution in [3.05, 3.63) is 78.9 Å². The second kappa shape index (κ2) is 8.60. The van der Waals surface area contributed by atoms with E-state index in [0.29, 0.717) is 11.8 Å². The van der Waals surface area contributed by atoms with Crippen LogP contribution in [0.2, 0.25) is 0 Å². The highest BCUT2D eigenvalue weighted by Crippen LogP contribution is 2.34. The fourth-order valence-electron chi connectivity index (χ4n) is 4.00. The molecule has 29 heavy (non-hydrogen) atoms. The van der Waals surface area contributed by atoms with Crippen molar-refractivity contribution >= 4 is 5.70 Å². The lowest BCUT2D eigenvalue weighted by molar-refractivity contribution is 0.379. The van der Waals surface area contributed by atoms with Gasteiger partial charge in [0.25, 0.3) is 0 Å². The molecular weight excluding hydrogens is 354 g/mol. The summed E-state index contributed by atoms with van der Waals surface area (Å²) in [6.07, 6.45) is 9.49. The van der Waals surface area contributed by atoms with Crippen LogP contribution in [-0.4, -0.2) is 14.8 Å². The molecule has 148 valence electrons. The second-order valence-corrected chi connectivity index (χ2v) is 8.14. The highest BCUT2D eigenvalue weighted by Gasteiger charge is 2.23. The van der Waals surface area contributed by atoms with Crippen molar-refractivity contribution in [3.8, 4) is 22.8 Å². The summed E-state index contributed by atoms with van der Waals surface area (Å²) in [6.45, 7) is 6.95. The average molecular weight is 384 g/mol. The molecule has 1 aliphatic carbocycles. The summed E-state index contributed by atoms with van der Waals surface area (Å²) >= 11 is 0. The Morgan fingerprint density at radius 1 is 0.897 bits per heavy atom. The van der Waals surface area contributed by atoms with Crippen molar-refractivity contribution in [2.75, 3.05) is 0 Å². The number of aromatic nitrogens is 3. The Morgan fingerprint density at radius 3 is 1.93 bits per heavy atom. The lowest BCUT2D eigenvalue weighted by atomic mass is 9.82. The summed E-state index contributed by atoms with van der Waals surface area (Å²) in [7, 11) is 0. The number of hydrogen-bond donors (Lipinski definition) is 0. The third-order valence-electron chi connectivity index (χ3n) is 5.98. The summed E-state index contributed by atoms with van der Waals surface area (Å²) in [5.41, 5.74) is 3.30. The van der Waals surface area contributed by atoms with Crippen LogP contribution in [0.15, 0.2) is 78.9 Å². The number of allylic oxidation sites excluding steroid dienone is 4. The molecule has 0 fully saturated rings. The van der Waals surface area contributed by atoms with Crippen molar-refractivity contribution in [3.63, 3.8) is 0 Å². The summed E-state index contributed by atoms with van der Waals surface area (Å²) < 4.78 is 2.21. The third-order valence-corrected chi connectivity index (χ3v) is 5.98. The number of nitrogens with zero attached hydrogens (tertiary/aromatic N) is 3. The van der Waals surface area contributed by atoms with Gasteiger partial charge in [0.2, 0.25) is 0 Å². The largest absolute Gasteiger partial charge is 0.275 e. The predicted octanol–water partition coefficient (Wildman–Crippen LogP) is 6.71. The Morgan fingerprint density at radius 2 is 1.45 bits per heavy atom. The van der Waals surface area contributed by atoms with Crippen LogP contribution in [-0.2, 0) is 0 Å². The first-order valence-electron chi connectivity index (χ1n) is 10.6. The van der Waals surface area contributed by atoms with Crippen LogP contribution in [0.5, 0.6) is 0 Å². The molecule has 4 rings (SSSR count). The second-order valence-electron chi connectivity index (χ2n) is 8.14. The van der Waals surface area contributed by atoms with Gasteiger partial charge in [0.05, 0.1) is 0 Å². The Kier molecular flexibility index (Phi) is 5.75. The maximum absolute atomic E-state index is 4.58. The highest BCUT2D eigenvalue weighted by atomic mass is 15.3. The van der Waals surface area contributed by atoms with Gasteiger partial charge in [0.1, 0.15) is 0 Å². The van der Waals surface area contributed by atoms with E-state index in [2.05, 4.69) is 78.0 Å². The molecule has 3 heteroatoms. The van der Waals surface area contributed by atoms with Gasteiger partial charge in [-0.25, -0.2) is 0 Å². The van der Waals surface area contributed by atoms with E-state index in [4.69, 9.17) is 0 Å². The van der Waals surface area contributed by atoms with Gasteiger partial charge >= 0.3 is 0 Å². The quantitative estimate of drug-likeness (QED) is 0.473. The minimum Gasteiger partial charge on any atom is -0.275 e. The molecule has 0 spiro atoms. The molecule has 0 aliphatic heterocycles. The van der Waals surface area contributed by atoms with Crippen molar-refractivity contribution in [2.24, 2.45) is 17.8 Å². The molecule has 1 heterocycles. The van der Waals surface area contributed by atoms with Crippen LogP contribution < -0.4 is 0 Å². The molecule has 1 aromatic heterocycles. The van der Waals surface area contributed by atoms with E-state index < -0.39 is 0 Å². The Balaban J connectivity index is 1.77. The lowest BCUT2D eigenvalue weighted by Crippen LogP contribution is -2.16. The first-order valence-corrected chi connectivity index (χ1v) is 10.6. The first kappa shape index (κ1) is 19.4. The van der Waals surface area contributed by atoms with Gasteiger partial charge in [-0.05, 0) is 30.3 Å². The van der Waals surface area contributed by atoms with E-state index in [-0.39, 0.29) is 0 Å². The van der Waals surface area contributed by atoms with Gasteiger partial charge in [-0.15, -0.1) is 10.2 Å². The summed E-state index contributed by atoms with van der Waals surface area (Å²) in [5, 5.41) is 9.16. The predicted molar refractivity (Wildman–Crippen MR) is 121 cm³/mol. The van der Waals surface area contributed by atoms with E-state index in [0.717, 1.165) is 34.4 Å². The van der Waals surface area contributed by atoms with Crippen LogP contribution in [0.3, 0.4) is 0 Å². The molecule has 0 amide bonds. The maximum Gasteiger partial charge on any atom is 0.168 e. The summed E-state index contributed by atoms with van der Waals surface area (Å²) in [6, 6.07) is 20.6. The molecule has 0 N–H and O–H groups in total. The van der Waals surface area contributed by atoms with Crippen LogP contribution in [0, 0.1) is 17.8 Å². The van der Waals surface area contributed by atoms with E-state index in [1.165, 1.54) is 12.8 Å². The monoisotopic (exact) mass is 383 g/mol. The zero-order valence-corrected chi connectivity index (χ0v) is 17.5. The van der Waals surface area contributed by atoms with Crippen LogP contribution in [0.4, 0.5) is 0 Å². The molecule has 3 aromatic rings. The molecule has 1 aliphatic rings. The van der Waals surface area contributed by atoms with Gasteiger partial charge in [0, 0.05) is 16.8 Å². The van der Waals surface area contributed by atoms with Gasteiger partial charge in [-0.3, -0.25) is 4.57 Å². The van der Waals surface area contributed by atoms with E-state index in [1.807, 2.05) is 36.4 Å². The number of rotatable bonds is 6. The smallest absolute Gasteiger partial charge is 0.168 e. The minimum atomic E-state index is 0.485. The van der Waals surface area contributed by atoms with Crippen molar-refractivity contribution in [1.29, 1.82) is 0 Å². The van der Waals surface area contributed by atoms with Crippen molar-refractivity contribution in [2.45, 2.75) is 33.6 Å². The SMILES string of the molecule is CCC(C)CC1C=CC(n2c(-c3ccccc3)nnc2-c2ccccc2)=CC1C. The normalized spacial score (nSPS) is 19.8. The van der Waals surface area contributed by atoms with Crippen LogP contribution in [0.25, 0.3) is 28.5 Å². The first-order chi connectivity index (χ1) is 14.2. The molecular formula is C26H29N3. The molecule has 2 aromatic carbocycles. The van der Waals surface area contributed by atoms with Gasteiger partial charge in [-0.1, -0.05) is 100 Å². The van der Waals surface area contributed by atoms with Crippen molar-refractivity contribution in [1.82, 2.24) is 14.8 Å². The molecule has 3 nitrogen and oxygen atoms in total. The zero-order valence-electron chi connectivity index (χ0n) is 17.5. The summed E-state index contributed by atoms with van der Waals surface area (Å²) in [4.78, 5) is 0. The Labute approximate surface area is 173 Å². The van der Waals surface area contributed by atoms with Crippen molar-refractivity contribution < 1.29 is 0 Å². The molecule has 0 saturated carbocycles. The third kappa shape index (κ3) is 4.09. The summed E-state index contributed by atoms with van der Waals surface area (Å²) in [5.74, 6) is 3.58. The molecule has 0 radical (unpaired) electrons. The Bertz CT molecular complexity index is 942. The average Bonchev–Trinajstić information content (AvgIpc) is 3.21. The molecule has 0 bridgehead atoms. The standard InChI is InChI=1S/C26H29N3/c1-4-19(2)17-23-15-16-24(18-20(23)3)29-25(21-11-7-5-8-12-21)27-28-26(29)22-13-9-6-10-14-22/h5-16,18-20,23H,4,17H2,1-3H3. The molecule has 3 unspecified atom stereocenters. The molecule has 0 saturated heterocycles. The van der Waals surface area contributed by atoms with E-state index >= 15 is 0 Å². The fraction of sp³-hybridized carbons (Fsp3) is 0.308. The maximum atomic E-state index is 4.58. The van der Waals surface area contributed by atoms with Gasteiger partial charge < -0.3 is 0 Å². The Hall–Kier alpha value is -2.94. The van der Waals surface area contributed by atoms with Gasteiger partial charge in [0.15, 0.2) is 11.6 Å². The minimum absolute atomic E-state index is 0.485. The topological polar surface area (TPSA) is 30.7 Å². The number of hydrogen-bond acceptors (Lipinski definition) is 2. The zero-order chi connectivity index (χ0) is 20.2. The fourth-order valence-corrected chi connectivity index (χ4v) is 4.00. The van der Waals surface area contributed by atoms with Gasteiger partial charge in [-0.2, -0.15) is 0 Å².